The van der Waals surface area contributed by atoms with E-state index in [1.165, 1.54) is 17.1 Å². The molecule has 0 aliphatic carbocycles. The van der Waals surface area contributed by atoms with Crippen LogP contribution >= 0.6 is 0 Å². The molecule has 2 aliphatic rings. The molecule has 1 amide bonds. The number of rotatable bonds is 5. The van der Waals surface area contributed by atoms with Crippen molar-refractivity contribution in [3.63, 3.8) is 0 Å². The van der Waals surface area contributed by atoms with Gasteiger partial charge in [-0.3, -0.25) is 4.79 Å². The van der Waals surface area contributed by atoms with Gasteiger partial charge in [0.1, 0.15) is 11.4 Å². The van der Waals surface area contributed by atoms with Crippen molar-refractivity contribution in [3.05, 3.63) is 70.3 Å². The van der Waals surface area contributed by atoms with Crippen molar-refractivity contribution in [2.75, 3.05) is 20.7 Å². The minimum atomic E-state index is -5.78. The monoisotopic (exact) mass is 482 g/mol. The Bertz CT molecular complexity index is 1170. The molecule has 4 rings (SSSR count). The molecule has 2 heterocycles. The molecular weight excluding hydrogens is 459 g/mol. The van der Waals surface area contributed by atoms with Gasteiger partial charge in [0.2, 0.25) is 0 Å². The lowest BCUT2D eigenvalue weighted by Gasteiger charge is -2.40. The lowest BCUT2D eigenvalue weighted by Crippen LogP contribution is -2.43. The normalized spacial score (nSPS) is 17.7. The fourth-order valence-corrected chi connectivity index (χ4v) is 4.24. The van der Waals surface area contributed by atoms with Crippen molar-refractivity contribution >= 4 is 11.6 Å². The summed E-state index contributed by atoms with van der Waals surface area (Å²) in [4.78, 5) is 20.0. The van der Waals surface area contributed by atoms with Crippen LogP contribution in [0.5, 0.6) is 5.75 Å². The number of carbonyl (C=O) groups excluding carboxylic acids is 1. The van der Waals surface area contributed by atoms with Crippen molar-refractivity contribution in [3.8, 4) is 5.75 Å². The zero-order valence-electron chi connectivity index (χ0n) is 19.0. The molecule has 0 bridgehead atoms. The van der Waals surface area contributed by atoms with Crippen LogP contribution in [0.3, 0.4) is 0 Å². The van der Waals surface area contributed by atoms with Crippen LogP contribution in [-0.2, 0) is 17.3 Å². The predicted molar refractivity (Wildman–Crippen MR) is 114 cm³/mol. The van der Waals surface area contributed by atoms with Gasteiger partial charge in [-0.05, 0) is 43.7 Å². The summed E-state index contributed by atoms with van der Waals surface area (Å²) in [5.41, 5.74) is -0.365. The summed E-state index contributed by atoms with van der Waals surface area (Å²) >= 11 is 0. The Morgan fingerprint density at radius 1 is 1.09 bits per heavy atom. The van der Waals surface area contributed by atoms with E-state index >= 15 is 0 Å². The Hall–Kier alpha value is -2.98. The highest BCUT2D eigenvalue weighted by Gasteiger charge is 2.59. The number of halogens is 5. The maximum atomic E-state index is 14.3. The smallest absolute Gasteiger partial charge is 0.458 e. The van der Waals surface area contributed by atoms with E-state index in [2.05, 4.69) is 0 Å². The van der Waals surface area contributed by atoms with Crippen LogP contribution in [0.1, 0.15) is 40.9 Å². The third-order valence-electron chi connectivity index (χ3n) is 6.11. The highest BCUT2D eigenvalue weighted by Crippen LogP contribution is 2.49. The highest BCUT2D eigenvalue weighted by molar-refractivity contribution is 6.04. The van der Waals surface area contributed by atoms with E-state index in [0.717, 1.165) is 17.7 Å². The molecule has 2 aromatic rings. The molecule has 0 atom stereocenters. The number of benzene rings is 2. The summed E-state index contributed by atoms with van der Waals surface area (Å²) < 4.78 is 73.9. The van der Waals surface area contributed by atoms with E-state index in [1.807, 2.05) is 0 Å². The van der Waals surface area contributed by atoms with Gasteiger partial charge >= 0.3 is 12.1 Å². The Balaban J connectivity index is 1.95. The molecule has 0 spiro atoms. The van der Waals surface area contributed by atoms with Crippen LogP contribution in [0, 0.1) is 0 Å². The van der Waals surface area contributed by atoms with E-state index in [0.29, 0.717) is 17.2 Å². The van der Waals surface area contributed by atoms with Gasteiger partial charge in [-0.2, -0.15) is 27.0 Å². The molecule has 10 heteroatoms. The van der Waals surface area contributed by atoms with Crippen molar-refractivity contribution in [2.24, 2.45) is 0 Å². The van der Waals surface area contributed by atoms with E-state index < -0.39 is 23.3 Å². The quantitative estimate of drug-likeness (QED) is 0.425. The minimum absolute atomic E-state index is 0.0126. The summed E-state index contributed by atoms with van der Waals surface area (Å²) in [5, 5.41) is 1.45. The number of amides is 1. The van der Waals surface area contributed by atoms with Crippen LogP contribution in [-0.4, -0.2) is 48.3 Å². The number of carbonyl (C=O) groups is 1. The predicted octanol–water partition coefficient (Wildman–Crippen LogP) is 5.37. The Kier molecular flexibility index (Phi) is 5.72. The van der Waals surface area contributed by atoms with E-state index in [9.17, 15) is 26.7 Å². The van der Waals surface area contributed by atoms with Crippen LogP contribution in [0.4, 0.5) is 22.0 Å². The highest BCUT2D eigenvalue weighted by atomic mass is 19.4. The fraction of sp³-hybridized carbons (Fsp3) is 0.375. The number of ether oxygens (including phenoxy) is 1. The molecule has 0 N–H and O–H groups in total. The Morgan fingerprint density at radius 2 is 1.76 bits per heavy atom. The number of hydrogen-bond donors (Lipinski definition) is 0. The van der Waals surface area contributed by atoms with Gasteiger partial charge in [0, 0.05) is 29.3 Å². The Labute approximate surface area is 193 Å². The maximum Gasteiger partial charge on any atom is 0.458 e. The van der Waals surface area contributed by atoms with Gasteiger partial charge in [0.15, 0.2) is 0 Å². The van der Waals surface area contributed by atoms with Crippen molar-refractivity contribution in [1.82, 2.24) is 9.96 Å². The second kappa shape index (κ2) is 8.06. The van der Waals surface area contributed by atoms with Crippen LogP contribution in [0.15, 0.2) is 48.0 Å². The summed E-state index contributed by atoms with van der Waals surface area (Å²) in [6.45, 7) is 3.72. The molecule has 34 heavy (non-hydrogen) atoms. The first-order chi connectivity index (χ1) is 15.8. The number of likely N-dealkylation sites (N-methyl/N-ethyl adjacent to an activating group) is 1. The number of hydroxylamine groups is 2. The van der Waals surface area contributed by atoms with Crippen molar-refractivity contribution < 1.29 is 36.3 Å². The molecule has 0 saturated heterocycles. The number of nitrogens with zero attached hydrogens (tertiary/aromatic N) is 2. The molecular formula is C24H23F5N2O3. The second-order valence-corrected chi connectivity index (χ2v) is 8.74. The van der Waals surface area contributed by atoms with Gasteiger partial charge in [-0.15, -0.1) is 0 Å². The van der Waals surface area contributed by atoms with Crippen molar-refractivity contribution in [2.45, 2.75) is 38.1 Å². The van der Waals surface area contributed by atoms with Crippen molar-refractivity contribution in [1.29, 1.82) is 0 Å². The fourth-order valence-electron chi connectivity index (χ4n) is 4.24. The maximum absolute atomic E-state index is 14.3. The number of hydrogen-bond acceptors (Lipinski definition) is 4. The van der Waals surface area contributed by atoms with Crippen LogP contribution in [0.25, 0.3) is 5.70 Å². The molecule has 5 nitrogen and oxygen atoms in total. The third-order valence-corrected chi connectivity index (χ3v) is 6.11. The van der Waals surface area contributed by atoms with Gasteiger partial charge in [-0.25, -0.2) is 0 Å². The first-order valence-corrected chi connectivity index (χ1v) is 10.4. The third kappa shape index (κ3) is 3.84. The molecule has 0 aromatic heterocycles. The first-order valence-electron chi connectivity index (χ1n) is 10.4. The number of alkyl halides is 5. The van der Waals surface area contributed by atoms with Gasteiger partial charge in [0.25, 0.3) is 5.91 Å². The summed E-state index contributed by atoms with van der Waals surface area (Å²) in [7, 11) is 3.06. The zero-order chi connectivity index (χ0) is 25.1. The minimum Gasteiger partial charge on any atom is -0.483 e. The molecule has 0 radical (unpaired) electrons. The summed E-state index contributed by atoms with van der Waals surface area (Å²) in [5.74, 6) is -5.35. The molecule has 2 aliphatic heterocycles. The van der Waals surface area contributed by atoms with Crippen LogP contribution < -0.4 is 4.74 Å². The number of fused-ring (bicyclic) bond motifs is 2. The average molecular weight is 482 g/mol. The molecule has 0 fully saturated rings. The molecule has 182 valence electrons. The largest absolute Gasteiger partial charge is 0.483 e. The zero-order valence-corrected chi connectivity index (χ0v) is 19.0. The van der Waals surface area contributed by atoms with Gasteiger partial charge in [0.05, 0.1) is 25.9 Å². The SMILES string of the molecule is CON(C)CC1=C(N2Cc3ccccc3C2=O)c2cc(C(F)(F)C(F)(F)F)ccc2OC1(C)C. The average Bonchev–Trinajstić information content (AvgIpc) is 3.09. The summed E-state index contributed by atoms with van der Waals surface area (Å²) in [6, 6.07) is 9.46. The summed E-state index contributed by atoms with van der Waals surface area (Å²) in [6.07, 6.45) is -5.78. The molecule has 0 unspecified atom stereocenters. The topological polar surface area (TPSA) is 42.0 Å². The first kappa shape index (κ1) is 24.2. The van der Waals surface area contributed by atoms with Gasteiger partial charge in [-0.1, -0.05) is 18.2 Å². The lowest BCUT2D eigenvalue weighted by atomic mass is 9.87. The molecule has 0 saturated carbocycles. The lowest BCUT2D eigenvalue weighted by molar-refractivity contribution is -0.289. The van der Waals surface area contributed by atoms with E-state index in [4.69, 9.17) is 9.57 Å². The van der Waals surface area contributed by atoms with Crippen LogP contribution in [0.2, 0.25) is 0 Å². The second-order valence-electron chi connectivity index (χ2n) is 8.74. The Morgan fingerprint density at radius 3 is 2.38 bits per heavy atom. The standard InChI is InChI=1S/C24H23F5N2O3/c1-22(2)18(13-30(3)33-4)20(31-12-14-7-5-6-8-16(14)21(31)32)17-11-15(9-10-19(17)34-22)23(25,26)24(27,28)29/h5-11H,12-13H2,1-4H3. The van der Waals surface area contributed by atoms with E-state index in [1.54, 1.807) is 45.2 Å². The molecule has 2 aromatic carbocycles. The van der Waals surface area contributed by atoms with Gasteiger partial charge < -0.3 is 14.5 Å². The van der Waals surface area contributed by atoms with E-state index in [-0.39, 0.29) is 36.0 Å².